The first-order chi connectivity index (χ1) is 11.7. The Balaban J connectivity index is 1.33. The van der Waals surface area contributed by atoms with Crippen LogP contribution in [0.25, 0.3) is 0 Å². The molecular weight excluding hydrogens is 324 g/mol. The van der Waals surface area contributed by atoms with E-state index in [2.05, 4.69) is 4.90 Å². The summed E-state index contributed by atoms with van der Waals surface area (Å²) in [5.41, 5.74) is 1.27. The third kappa shape index (κ3) is 3.03. The minimum Gasteiger partial charge on any atom is -0.394 e. The van der Waals surface area contributed by atoms with Crippen molar-refractivity contribution in [2.75, 3.05) is 26.3 Å². The van der Waals surface area contributed by atoms with E-state index in [9.17, 15) is 5.11 Å². The molecule has 2 atom stereocenters. The molecule has 0 unspecified atom stereocenters. The van der Waals surface area contributed by atoms with Crippen LogP contribution in [-0.2, 0) is 24.1 Å². The van der Waals surface area contributed by atoms with E-state index in [4.69, 9.17) is 14.8 Å². The molecule has 2 aliphatic carbocycles. The lowest BCUT2D eigenvalue weighted by molar-refractivity contribution is -0.213. The van der Waals surface area contributed by atoms with Crippen LogP contribution in [0.5, 0.6) is 0 Å². The number of aliphatic hydroxyl groups is 2. The molecule has 2 N–H and O–H groups in total. The Bertz CT molecular complexity index is 545. The average Bonchev–Trinajstić information content (AvgIpc) is 3.01. The molecule has 1 saturated heterocycles. The Morgan fingerprint density at radius 3 is 2.75 bits per heavy atom. The maximum Gasteiger partial charge on any atom is 0.107 e. The van der Waals surface area contributed by atoms with Gasteiger partial charge >= 0.3 is 0 Å². The first-order valence-corrected chi connectivity index (χ1v) is 10.1. The Labute approximate surface area is 147 Å². The Morgan fingerprint density at radius 1 is 1.25 bits per heavy atom. The fraction of sp³-hybridized carbons (Fsp3) is 0.833. The van der Waals surface area contributed by atoms with Crippen LogP contribution in [0.3, 0.4) is 0 Å². The molecule has 24 heavy (non-hydrogen) atoms. The lowest BCUT2D eigenvalue weighted by Gasteiger charge is -2.56. The van der Waals surface area contributed by atoms with Gasteiger partial charge in [-0.25, -0.2) is 4.98 Å². The van der Waals surface area contributed by atoms with Gasteiger partial charge in [0, 0.05) is 16.7 Å². The summed E-state index contributed by atoms with van der Waals surface area (Å²) >= 11 is 1.91. The molecule has 4 rings (SSSR count). The molecule has 0 bridgehead atoms. The van der Waals surface area contributed by atoms with E-state index in [0.29, 0.717) is 6.61 Å². The van der Waals surface area contributed by atoms with E-state index in [0.717, 1.165) is 45.3 Å². The van der Waals surface area contributed by atoms with Crippen LogP contribution in [0.15, 0.2) is 0 Å². The molecular formula is C18H28N2O3S. The lowest BCUT2D eigenvalue weighted by atomic mass is 9.58. The van der Waals surface area contributed by atoms with Gasteiger partial charge < -0.3 is 14.9 Å². The van der Waals surface area contributed by atoms with Crippen LogP contribution >= 0.6 is 11.3 Å². The van der Waals surface area contributed by atoms with Crippen LogP contribution in [0.1, 0.15) is 47.7 Å². The monoisotopic (exact) mass is 352 g/mol. The molecule has 3 aliphatic rings. The maximum absolute atomic E-state index is 10.3. The fourth-order valence-electron chi connectivity index (χ4n) is 4.60. The number of nitrogens with zero attached hydrogens (tertiary/aromatic N) is 2. The molecule has 1 aromatic rings. The Morgan fingerprint density at radius 2 is 2.04 bits per heavy atom. The Hall–Kier alpha value is -0.530. The van der Waals surface area contributed by atoms with Crippen molar-refractivity contribution in [2.45, 2.75) is 63.7 Å². The van der Waals surface area contributed by atoms with Gasteiger partial charge in [0.05, 0.1) is 37.7 Å². The number of hydrogen-bond acceptors (Lipinski definition) is 6. The van der Waals surface area contributed by atoms with E-state index in [1.165, 1.54) is 34.8 Å². The summed E-state index contributed by atoms with van der Waals surface area (Å²) in [7, 11) is 0. The first-order valence-electron chi connectivity index (χ1n) is 9.31. The average molecular weight is 353 g/mol. The predicted octanol–water partition coefficient (Wildman–Crippen LogP) is 1.75. The summed E-state index contributed by atoms with van der Waals surface area (Å²) in [4.78, 5) is 8.85. The second-order valence-corrected chi connectivity index (χ2v) is 8.70. The van der Waals surface area contributed by atoms with Gasteiger partial charge in [-0.1, -0.05) is 0 Å². The number of likely N-dealkylation sites (tertiary alicyclic amines) is 1. The molecule has 1 saturated carbocycles. The number of piperidine rings is 1. The van der Waals surface area contributed by atoms with Crippen molar-refractivity contribution in [3.8, 4) is 0 Å². The fourth-order valence-corrected chi connectivity index (χ4v) is 5.80. The van der Waals surface area contributed by atoms with E-state index in [1.807, 2.05) is 11.3 Å². The number of aromatic nitrogens is 1. The third-order valence-electron chi connectivity index (χ3n) is 6.19. The Kier molecular flexibility index (Phi) is 4.93. The molecule has 2 heterocycles. The van der Waals surface area contributed by atoms with Crippen molar-refractivity contribution in [2.24, 2.45) is 5.41 Å². The van der Waals surface area contributed by atoms with Crippen LogP contribution in [-0.4, -0.2) is 58.6 Å². The van der Waals surface area contributed by atoms with Crippen LogP contribution < -0.4 is 0 Å². The van der Waals surface area contributed by atoms with Crippen molar-refractivity contribution < 1.29 is 14.9 Å². The largest absolute Gasteiger partial charge is 0.394 e. The highest BCUT2D eigenvalue weighted by Crippen LogP contribution is 2.51. The van der Waals surface area contributed by atoms with E-state index in [-0.39, 0.29) is 24.2 Å². The third-order valence-corrected chi connectivity index (χ3v) is 7.33. The number of fused-ring (bicyclic) bond motifs is 1. The van der Waals surface area contributed by atoms with Crippen molar-refractivity contribution in [3.63, 3.8) is 0 Å². The van der Waals surface area contributed by atoms with Gasteiger partial charge in [-0.3, -0.25) is 4.90 Å². The predicted molar refractivity (Wildman–Crippen MR) is 93.1 cm³/mol. The van der Waals surface area contributed by atoms with Crippen LogP contribution in [0.4, 0.5) is 0 Å². The van der Waals surface area contributed by atoms with Gasteiger partial charge in [0.15, 0.2) is 0 Å². The summed E-state index contributed by atoms with van der Waals surface area (Å²) < 4.78 is 5.76. The standard InChI is InChI=1S/C18H28N2O3S/c21-9-10-23-16-11-15(22)18(16)5-7-20(8-6-18)12-17-19-13-3-1-2-4-14(13)24-17/h15-16,21-22H,1-12H2/t15-,16+/m1/s1. The van der Waals surface area contributed by atoms with Crippen molar-refractivity contribution in [1.29, 1.82) is 0 Å². The van der Waals surface area contributed by atoms with Gasteiger partial charge in [-0.2, -0.15) is 0 Å². The minimum absolute atomic E-state index is 0.0590. The second-order valence-electron chi connectivity index (χ2n) is 7.53. The topological polar surface area (TPSA) is 65.8 Å². The molecule has 0 amide bonds. The highest BCUT2D eigenvalue weighted by Gasteiger charge is 2.56. The minimum atomic E-state index is -0.240. The molecule has 6 heteroatoms. The zero-order valence-corrected chi connectivity index (χ0v) is 15.1. The highest BCUT2D eigenvalue weighted by atomic mass is 32.1. The van der Waals surface area contributed by atoms with Gasteiger partial charge in [0.25, 0.3) is 0 Å². The highest BCUT2D eigenvalue weighted by molar-refractivity contribution is 7.11. The number of hydrogen-bond donors (Lipinski definition) is 2. The molecule has 2 fully saturated rings. The maximum atomic E-state index is 10.3. The van der Waals surface area contributed by atoms with Gasteiger partial charge in [-0.15, -0.1) is 11.3 Å². The number of ether oxygens (including phenoxy) is 1. The van der Waals surface area contributed by atoms with E-state index in [1.54, 1.807) is 0 Å². The molecule has 134 valence electrons. The van der Waals surface area contributed by atoms with Crippen molar-refractivity contribution in [1.82, 2.24) is 9.88 Å². The smallest absolute Gasteiger partial charge is 0.107 e. The van der Waals surface area contributed by atoms with Gasteiger partial charge in [0.1, 0.15) is 5.01 Å². The number of rotatable bonds is 5. The molecule has 1 spiro atoms. The zero-order chi connectivity index (χ0) is 16.6. The quantitative estimate of drug-likeness (QED) is 0.845. The van der Waals surface area contributed by atoms with Crippen molar-refractivity contribution in [3.05, 3.63) is 15.6 Å². The van der Waals surface area contributed by atoms with Gasteiger partial charge in [0.2, 0.25) is 0 Å². The molecule has 1 aromatic heterocycles. The molecule has 1 aliphatic heterocycles. The second kappa shape index (κ2) is 7.00. The normalized spacial score (nSPS) is 29.4. The summed E-state index contributed by atoms with van der Waals surface area (Å²) in [5, 5.41) is 20.5. The van der Waals surface area contributed by atoms with Crippen LogP contribution in [0, 0.1) is 5.41 Å². The van der Waals surface area contributed by atoms with Crippen molar-refractivity contribution >= 4 is 11.3 Å². The number of aryl methyl sites for hydroxylation is 2. The summed E-state index contributed by atoms with van der Waals surface area (Å²) in [6.45, 7) is 3.39. The summed E-state index contributed by atoms with van der Waals surface area (Å²) in [6.07, 6.45) is 7.54. The zero-order valence-electron chi connectivity index (χ0n) is 14.2. The summed E-state index contributed by atoms with van der Waals surface area (Å²) in [5.74, 6) is 0. The van der Waals surface area contributed by atoms with E-state index < -0.39 is 0 Å². The molecule has 5 nitrogen and oxygen atoms in total. The van der Waals surface area contributed by atoms with Crippen LogP contribution in [0.2, 0.25) is 0 Å². The molecule has 0 radical (unpaired) electrons. The SMILES string of the molecule is OCCO[C@H]1C[C@@H](O)C12CCN(Cc1nc3c(s1)CCCC3)CC2. The summed E-state index contributed by atoms with van der Waals surface area (Å²) in [6, 6.07) is 0. The molecule has 0 aromatic carbocycles. The number of thiazole rings is 1. The number of aliphatic hydroxyl groups excluding tert-OH is 2. The first kappa shape index (κ1) is 16.9. The lowest BCUT2D eigenvalue weighted by Crippen LogP contribution is -2.62. The van der Waals surface area contributed by atoms with E-state index >= 15 is 0 Å². The van der Waals surface area contributed by atoms with Gasteiger partial charge in [-0.05, 0) is 51.6 Å².